The van der Waals surface area contributed by atoms with Crippen LogP contribution in [0.25, 0.3) is 0 Å². The zero-order chi connectivity index (χ0) is 15.9. The van der Waals surface area contributed by atoms with Crippen molar-refractivity contribution in [3.63, 3.8) is 0 Å². The number of carbonyl (C=O) groups is 1. The maximum absolute atomic E-state index is 13.3. The van der Waals surface area contributed by atoms with Crippen molar-refractivity contribution in [2.24, 2.45) is 0 Å². The molecule has 114 valence electrons. The van der Waals surface area contributed by atoms with E-state index in [0.29, 0.717) is 18.0 Å². The summed E-state index contributed by atoms with van der Waals surface area (Å²) in [7, 11) is 1.61. The number of ether oxygens (including phenoxy) is 1. The highest BCUT2D eigenvalue weighted by Gasteiger charge is 2.14. The SMILES string of the molecule is C#CCOc1cc(F)ccc1NC(=O)N(C)Cc1ccco1. The van der Waals surface area contributed by atoms with Gasteiger partial charge >= 0.3 is 6.03 Å². The van der Waals surface area contributed by atoms with Gasteiger partial charge < -0.3 is 19.4 Å². The molecule has 1 aromatic heterocycles. The van der Waals surface area contributed by atoms with Crippen molar-refractivity contribution >= 4 is 11.7 Å². The molecule has 1 N–H and O–H groups in total. The molecule has 22 heavy (non-hydrogen) atoms. The lowest BCUT2D eigenvalue weighted by Gasteiger charge is -2.18. The molecule has 0 aliphatic rings. The summed E-state index contributed by atoms with van der Waals surface area (Å²) in [6.45, 7) is 0.287. The van der Waals surface area contributed by atoms with E-state index in [0.717, 1.165) is 0 Å². The van der Waals surface area contributed by atoms with Crippen LogP contribution in [0.2, 0.25) is 0 Å². The first kappa shape index (κ1) is 15.4. The molecule has 2 rings (SSSR count). The van der Waals surface area contributed by atoms with Gasteiger partial charge in [0.05, 0.1) is 18.5 Å². The van der Waals surface area contributed by atoms with Gasteiger partial charge in [-0.2, -0.15) is 0 Å². The number of hydrogen-bond acceptors (Lipinski definition) is 3. The second kappa shape index (κ2) is 7.18. The molecular formula is C16H15FN2O3. The van der Waals surface area contributed by atoms with Crippen LogP contribution >= 0.6 is 0 Å². The second-order valence-electron chi connectivity index (χ2n) is 4.50. The van der Waals surface area contributed by atoms with Crippen LogP contribution in [-0.4, -0.2) is 24.6 Å². The number of nitrogens with zero attached hydrogens (tertiary/aromatic N) is 1. The summed E-state index contributed by atoms with van der Waals surface area (Å²) < 4.78 is 23.7. The van der Waals surface area contributed by atoms with Crippen LogP contribution in [0.15, 0.2) is 41.0 Å². The average Bonchev–Trinajstić information content (AvgIpc) is 3.00. The second-order valence-corrected chi connectivity index (χ2v) is 4.50. The van der Waals surface area contributed by atoms with E-state index in [1.807, 2.05) is 0 Å². The highest BCUT2D eigenvalue weighted by Crippen LogP contribution is 2.25. The molecule has 0 saturated carbocycles. The van der Waals surface area contributed by atoms with Gasteiger partial charge in [0.25, 0.3) is 0 Å². The Balaban J connectivity index is 2.05. The van der Waals surface area contributed by atoms with E-state index in [1.54, 1.807) is 19.2 Å². The van der Waals surface area contributed by atoms with Crippen molar-refractivity contribution in [2.45, 2.75) is 6.54 Å². The average molecular weight is 302 g/mol. The molecule has 0 bridgehead atoms. The third-order valence-electron chi connectivity index (χ3n) is 2.82. The molecule has 0 atom stereocenters. The molecule has 0 radical (unpaired) electrons. The predicted molar refractivity (Wildman–Crippen MR) is 79.9 cm³/mol. The van der Waals surface area contributed by atoms with E-state index in [-0.39, 0.29) is 18.4 Å². The Morgan fingerprint density at radius 2 is 2.32 bits per heavy atom. The molecule has 2 amide bonds. The number of terminal acetylenes is 1. The van der Waals surface area contributed by atoms with Crippen molar-refractivity contribution < 1.29 is 18.3 Å². The Labute approximate surface area is 127 Å². The first-order chi connectivity index (χ1) is 10.6. The van der Waals surface area contributed by atoms with Gasteiger partial charge in [0.15, 0.2) is 0 Å². The van der Waals surface area contributed by atoms with Gasteiger partial charge in [0.2, 0.25) is 0 Å². The predicted octanol–water partition coefficient (Wildman–Crippen LogP) is 3.09. The van der Waals surface area contributed by atoms with Gasteiger partial charge in [-0.25, -0.2) is 9.18 Å². The topological polar surface area (TPSA) is 54.7 Å². The van der Waals surface area contributed by atoms with E-state index in [1.165, 1.54) is 29.4 Å². The molecular weight excluding hydrogens is 287 g/mol. The fourth-order valence-corrected chi connectivity index (χ4v) is 1.76. The van der Waals surface area contributed by atoms with Crippen LogP contribution in [0.1, 0.15) is 5.76 Å². The number of anilines is 1. The number of carbonyl (C=O) groups excluding carboxylic acids is 1. The van der Waals surface area contributed by atoms with Gasteiger partial charge in [-0.05, 0) is 24.3 Å². The number of urea groups is 1. The minimum atomic E-state index is -0.478. The number of halogens is 1. The zero-order valence-electron chi connectivity index (χ0n) is 12.0. The molecule has 1 heterocycles. The minimum absolute atomic E-state index is 0.0193. The molecule has 2 aromatic rings. The van der Waals surface area contributed by atoms with Gasteiger partial charge in [0.1, 0.15) is 23.9 Å². The van der Waals surface area contributed by atoms with E-state index < -0.39 is 5.82 Å². The number of hydrogen-bond donors (Lipinski definition) is 1. The first-order valence-electron chi connectivity index (χ1n) is 6.50. The number of furan rings is 1. The maximum Gasteiger partial charge on any atom is 0.322 e. The van der Waals surface area contributed by atoms with Crippen molar-refractivity contribution in [2.75, 3.05) is 19.0 Å². The van der Waals surface area contributed by atoms with Gasteiger partial charge in [-0.3, -0.25) is 0 Å². The van der Waals surface area contributed by atoms with E-state index in [9.17, 15) is 9.18 Å². The lowest BCUT2D eigenvalue weighted by molar-refractivity contribution is 0.216. The summed E-state index contributed by atoms with van der Waals surface area (Å²) in [6, 6.07) is 6.94. The molecule has 0 saturated heterocycles. The fourth-order valence-electron chi connectivity index (χ4n) is 1.76. The molecule has 5 nitrogen and oxygen atoms in total. The number of nitrogens with one attached hydrogen (secondary N) is 1. The van der Waals surface area contributed by atoms with Crippen LogP contribution in [-0.2, 0) is 6.54 Å². The summed E-state index contributed by atoms with van der Waals surface area (Å²) in [4.78, 5) is 13.6. The fraction of sp³-hybridized carbons (Fsp3) is 0.188. The third kappa shape index (κ3) is 4.03. The van der Waals surface area contributed by atoms with E-state index >= 15 is 0 Å². The molecule has 0 spiro atoms. The largest absolute Gasteiger partial charge is 0.479 e. The van der Waals surface area contributed by atoms with Crippen LogP contribution < -0.4 is 10.1 Å². The molecule has 0 unspecified atom stereocenters. The quantitative estimate of drug-likeness (QED) is 0.864. The number of benzene rings is 1. The van der Waals surface area contributed by atoms with Crippen LogP contribution in [0.5, 0.6) is 5.75 Å². The van der Waals surface area contributed by atoms with E-state index in [2.05, 4.69) is 11.2 Å². The molecule has 0 aliphatic carbocycles. The van der Waals surface area contributed by atoms with E-state index in [4.69, 9.17) is 15.6 Å². The molecule has 0 aliphatic heterocycles. The summed E-state index contributed by atoms with van der Waals surface area (Å²) in [5.74, 6) is 2.64. The van der Waals surface area contributed by atoms with Crippen molar-refractivity contribution in [3.8, 4) is 18.1 Å². The Hall–Kier alpha value is -2.94. The van der Waals surface area contributed by atoms with Gasteiger partial charge in [-0.1, -0.05) is 5.92 Å². The molecule has 0 fully saturated rings. The Morgan fingerprint density at radius 3 is 3.00 bits per heavy atom. The Bertz CT molecular complexity index is 677. The van der Waals surface area contributed by atoms with Crippen molar-refractivity contribution in [1.82, 2.24) is 4.90 Å². The lowest BCUT2D eigenvalue weighted by atomic mass is 10.3. The van der Waals surface area contributed by atoms with Gasteiger partial charge in [-0.15, -0.1) is 6.42 Å². The zero-order valence-corrected chi connectivity index (χ0v) is 12.0. The Kier molecular flexibility index (Phi) is 5.04. The van der Waals surface area contributed by atoms with Crippen LogP contribution in [0, 0.1) is 18.2 Å². The summed E-state index contributed by atoms with van der Waals surface area (Å²) in [6.07, 6.45) is 6.65. The third-order valence-corrected chi connectivity index (χ3v) is 2.82. The van der Waals surface area contributed by atoms with Crippen molar-refractivity contribution in [1.29, 1.82) is 0 Å². The van der Waals surface area contributed by atoms with Gasteiger partial charge in [0, 0.05) is 13.1 Å². The smallest absolute Gasteiger partial charge is 0.322 e. The number of rotatable bonds is 5. The van der Waals surface area contributed by atoms with Crippen molar-refractivity contribution in [3.05, 3.63) is 48.2 Å². The molecule has 1 aromatic carbocycles. The Morgan fingerprint density at radius 1 is 1.50 bits per heavy atom. The lowest BCUT2D eigenvalue weighted by Crippen LogP contribution is -2.30. The van der Waals surface area contributed by atoms with Crippen LogP contribution in [0.4, 0.5) is 14.9 Å². The minimum Gasteiger partial charge on any atom is -0.479 e. The highest BCUT2D eigenvalue weighted by atomic mass is 19.1. The standard InChI is InChI=1S/C16H15FN2O3/c1-3-8-22-15-10-12(17)6-7-14(15)18-16(20)19(2)11-13-5-4-9-21-13/h1,4-7,9-10H,8,11H2,2H3,(H,18,20). The normalized spacial score (nSPS) is 9.86. The monoisotopic (exact) mass is 302 g/mol. The summed E-state index contributed by atoms with van der Waals surface area (Å²) >= 11 is 0. The highest BCUT2D eigenvalue weighted by molar-refractivity contribution is 5.90. The first-order valence-corrected chi connectivity index (χ1v) is 6.50. The molecule has 6 heteroatoms. The summed E-state index contributed by atoms with van der Waals surface area (Å²) in [5, 5.41) is 2.64. The summed E-state index contributed by atoms with van der Waals surface area (Å²) in [5.41, 5.74) is 0.341. The maximum atomic E-state index is 13.3. The van der Waals surface area contributed by atoms with Crippen LogP contribution in [0.3, 0.4) is 0 Å². The number of amides is 2.